The highest BCUT2D eigenvalue weighted by Gasteiger charge is 2.10. The lowest BCUT2D eigenvalue weighted by molar-refractivity contribution is -0.118. The molecule has 0 aliphatic rings. The van der Waals surface area contributed by atoms with Gasteiger partial charge in [0, 0.05) is 5.69 Å². The molecule has 0 heterocycles. The maximum Gasteiger partial charge on any atom is 0.226 e. The Hall–Kier alpha value is -1.35. The summed E-state index contributed by atoms with van der Waals surface area (Å²) in [7, 11) is 0. The van der Waals surface area contributed by atoms with Crippen LogP contribution in [-0.2, 0) is 4.79 Å². The van der Waals surface area contributed by atoms with E-state index in [-0.39, 0.29) is 12.3 Å². The second-order valence-electron chi connectivity index (χ2n) is 8.16. The van der Waals surface area contributed by atoms with Crippen LogP contribution in [0.4, 0.5) is 5.69 Å². The lowest BCUT2D eigenvalue weighted by atomic mass is 10.0. The smallest absolute Gasteiger partial charge is 0.226 e. The number of hydrogen-bond donors (Lipinski definition) is 2. The van der Waals surface area contributed by atoms with E-state index in [0.29, 0.717) is 0 Å². The van der Waals surface area contributed by atoms with E-state index in [1.54, 1.807) is 0 Å². The van der Waals surface area contributed by atoms with Crippen molar-refractivity contribution in [3.8, 4) is 0 Å². The molecule has 1 unspecified atom stereocenters. The lowest BCUT2D eigenvalue weighted by Crippen LogP contribution is -2.19. The first-order valence-electron chi connectivity index (χ1n) is 11.8. The van der Waals surface area contributed by atoms with E-state index in [9.17, 15) is 9.90 Å². The van der Waals surface area contributed by atoms with Crippen molar-refractivity contribution in [1.82, 2.24) is 0 Å². The minimum atomic E-state index is -0.527. The van der Waals surface area contributed by atoms with Crippen molar-refractivity contribution in [2.24, 2.45) is 0 Å². The Morgan fingerprint density at radius 1 is 0.786 bits per heavy atom. The van der Waals surface area contributed by atoms with Gasteiger partial charge in [0.25, 0.3) is 0 Å². The van der Waals surface area contributed by atoms with Gasteiger partial charge in [-0.3, -0.25) is 4.79 Å². The molecule has 0 saturated heterocycles. The number of anilines is 1. The Bertz CT molecular complexity index is 475. The van der Waals surface area contributed by atoms with Crippen molar-refractivity contribution < 1.29 is 9.90 Å². The zero-order valence-electron chi connectivity index (χ0n) is 18.1. The monoisotopic (exact) mass is 389 g/mol. The van der Waals surface area contributed by atoms with Crippen LogP contribution in [0.3, 0.4) is 0 Å². The van der Waals surface area contributed by atoms with Crippen LogP contribution in [-0.4, -0.2) is 17.1 Å². The van der Waals surface area contributed by atoms with Gasteiger partial charge in [-0.2, -0.15) is 0 Å². The minimum absolute atomic E-state index is 0.107. The average molecular weight is 390 g/mol. The minimum Gasteiger partial charge on any atom is -0.393 e. The van der Waals surface area contributed by atoms with Crippen molar-refractivity contribution >= 4 is 11.6 Å². The second-order valence-corrected chi connectivity index (χ2v) is 8.16. The topological polar surface area (TPSA) is 49.3 Å². The zero-order chi connectivity index (χ0) is 20.3. The van der Waals surface area contributed by atoms with Gasteiger partial charge in [-0.25, -0.2) is 0 Å². The van der Waals surface area contributed by atoms with Gasteiger partial charge in [-0.1, -0.05) is 115 Å². The normalized spacial score (nSPS) is 12.1. The standard InChI is InChI=1S/C25H43NO2/c1-2-3-4-5-6-7-8-9-10-11-12-13-14-18-21-24(27)22-25(28)26-23-19-16-15-17-20-23/h15-17,19-20,24,27H,2-14,18,21-22H2,1H3,(H,26,28). The Morgan fingerprint density at radius 2 is 1.25 bits per heavy atom. The van der Waals surface area contributed by atoms with Crippen LogP contribution >= 0.6 is 0 Å². The van der Waals surface area contributed by atoms with Crippen LogP contribution in [0.25, 0.3) is 0 Å². The molecule has 1 aromatic carbocycles. The number of unbranched alkanes of at least 4 members (excludes halogenated alkanes) is 13. The third kappa shape index (κ3) is 14.7. The van der Waals surface area contributed by atoms with Gasteiger partial charge in [0.05, 0.1) is 12.5 Å². The molecule has 3 heteroatoms. The molecular formula is C25H43NO2. The average Bonchev–Trinajstić information content (AvgIpc) is 2.69. The van der Waals surface area contributed by atoms with Crippen molar-refractivity contribution in [2.45, 2.75) is 116 Å². The quantitative estimate of drug-likeness (QED) is 0.260. The molecule has 28 heavy (non-hydrogen) atoms. The van der Waals surface area contributed by atoms with Gasteiger partial charge in [-0.15, -0.1) is 0 Å². The van der Waals surface area contributed by atoms with Crippen molar-refractivity contribution in [3.05, 3.63) is 30.3 Å². The molecular weight excluding hydrogens is 346 g/mol. The molecule has 0 aliphatic carbocycles. The Kier molecular flexibility index (Phi) is 15.6. The highest BCUT2D eigenvalue weighted by molar-refractivity contribution is 5.90. The molecule has 1 atom stereocenters. The fourth-order valence-electron chi connectivity index (χ4n) is 3.62. The number of benzene rings is 1. The fourth-order valence-corrected chi connectivity index (χ4v) is 3.62. The SMILES string of the molecule is CCCCCCCCCCCCCCCCC(O)CC(=O)Nc1ccccc1. The van der Waals surface area contributed by atoms with E-state index in [4.69, 9.17) is 0 Å². The summed E-state index contributed by atoms with van der Waals surface area (Å²) in [6.45, 7) is 2.27. The first-order valence-corrected chi connectivity index (χ1v) is 11.8. The summed E-state index contributed by atoms with van der Waals surface area (Å²) in [5, 5.41) is 12.9. The summed E-state index contributed by atoms with van der Waals surface area (Å²) >= 11 is 0. The summed E-state index contributed by atoms with van der Waals surface area (Å²) in [5.41, 5.74) is 0.788. The van der Waals surface area contributed by atoms with E-state index >= 15 is 0 Å². The molecule has 1 aromatic rings. The van der Waals surface area contributed by atoms with Crippen LogP contribution in [0.15, 0.2) is 30.3 Å². The molecule has 2 N–H and O–H groups in total. The van der Waals surface area contributed by atoms with Gasteiger partial charge >= 0.3 is 0 Å². The first kappa shape index (κ1) is 24.7. The van der Waals surface area contributed by atoms with Gasteiger partial charge in [0.2, 0.25) is 5.91 Å². The van der Waals surface area contributed by atoms with Gasteiger partial charge in [0.1, 0.15) is 0 Å². The highest BCUT2D eigenvalue weighted by Crippen LogP contribution is 2.14. The third-order valence-corrected chi connectivity index (χ3v) is 5.37. The summed E-state index contributed by atoms with van der Waals surface area (Å²) in [6, 6.07) is 9.41. The molecule has 0 saturated carbocycles. The molecule has 1 rings (SSSR count). The van der Waals surface area contributed by atoms with Crippen LogP contribution < -0.4 is 5.32 Å². The maximum absolute atomic E-state index is 11.9. The van der Waals surface area contributed by atoms with Crippen LogP contribution in [0.1, 0.15) is 110 Å². The molecule has 0 radical (unpaired) electrons. The Labute approximate surface area is 173 Å². The second kappa shape index (κ2) is 17.7. The molecule has 0 aliphatic heterocycles. The van der Waals surface area contributed by atoms with E-state index in [0.717, 1.165) is 24.9 Å². The largest absolute Gasteiger partial charge is 0.393 e. The Balaban J connectivity index is 1.84. The molecule has 0 aromatic heterocycles. The number of aliphatic hydroxyl groups excluding tert-OH is 1. The summed E-state index contributed by atoms with van der Waals surface area (Å²) in [5.74, 6) is -0.107. The molecule has 1 amide bonds. The van der Waals surface area contributed by atoms with Crippen LogP contribution in [0.5, 0.6) is 0 Å². The van der Waals surface area contributed by atoms with Gasteiger partial charge < -0.3 is 10.4 Å². The maximum atomic E-state index is 11.9. The predicted octanol–water partition coefficient (Wildman–Crippen LogP) is 7.25. The number of nitrogens with one attached hydrogen (secondary N) is 1. The molecule has 160 valence electrons. The van der Waals surface area contributed by atoms with Crippen molar-refractivity contribution in [3.63, 3.8) is 0 Å². The lowest BCUT2D eigenvalue weighted by Gasteiger charge is -2.11. The van der Waals surface area contributed by atoms with Crippen LogP contribution in [0, 0.1) is 0 Å². The summed E-state index contributed by atoms with van der Waals surface area (Å²) in [6.07, 6.45) is 19.0. The molecule has 3 nitrogen and oxygen atoms in total. The number of amides is 1. The molecule has 0 spiro atoms. The van der Waals surface area contributed by atoms with Gasteiger partial charge in [-0.05, 0) is 18.6 Å². The third-order valence-electron chi connectivity index (χ3n) is 5.37. The molecule has 0 bridgehead atoms. The number of para-hydroxylation sites is 1. The van der Waals surface area contributed by atoms with Crippen molar-refractivity contribution in [1.29, 1.82) is 0 Å². The van der Waals surface area contributed by atoms with E-state index in [1.807, 2.05) is 30.3 Å². The zero-order valence-corrected chi connectivity index (χ0v) is 18.1. The number of aliphatic hydroxyl groups is 1. The fraction of sp³-hybridized carbons (Fsp3) is 0.720. The van der Waals surface area contributed by atoms with Gasteiger partial charge in [0.15, 0.2) is 0 Å². The number of carbonyl (C=O) groups is 1. The predicted molar refractivity (Wildman–Crippen MR) is 121 cm³/mol. The number of carbonyl (C=O) groups excluding carboxylic acids is 1. The Morgan fingerprint density at radius 3 is 1.75 bits per heavy atom. The van der Waals surface area contributed by atoms with Crippen LogP contribution in [0.2, 0.25) is 0 Å². The highest BCUT2D eigenvalue weighted by atomic mass is 16.3. The van der Waals surface area contributed by atoms with E-state index < -0.39 is 6.10 Å². The molecule has 0 fully saturated rings. The first-order chi connectivity index (χ1) is 13.7. The number of rotatable bonds is 18. The summed E-state index contributed by atoms with van der Waals surface area (Å²) in [4.78, 5) is 11.9. The van der Waals surface area contributed by atoms with E-state index in [2.05, 4.69) is 12.2 Å². The van der Waals surface area contributed by atoms with E-state index in [1.165, 1.54) is 77.0 Å². The van der Waals surface area contributed by atoms with Crippen molar-refractivity contribution in [2.75, 3.05) is 5.32 Å². The number of hydrogen-bond acceptors (Lipinski definition) is 2. The summed E-state index contributed by atoms with van der Waals surface area (Å²) < 4.78 is 0.